The number of carbonyl (C=O) groups is 1. The van der Waals surface area contributed by atoms with Crippen LogP contribution in [0.1, 0.15) is 104 Å². The number of rotatable bonds is 16. The molecule has 0 aliphatic rings. The first-order chi connectivity index (χ1) is 11.3. The number of carbonyl (C=O) groups excluding carboxylic acids is 1. The summed E-state index contributed by atoms with van der Waals surface area (Å²) >= 11 is 0. The van der Waals surface area contributed by atoms with Crippen molar-refractivity contribution >= 4 is 5.97 Å². The zero-order valence-corrected chi connectivity index (χ0v) is 15.9. The van der Waals surface area contributed by atoms with E-state index in [9.17, 15) is 4.79 Å². The number of hydrogen-bond acceptors (Lipinski definition) is 2. The van der Waals surface area contributed by atoms with Crippen LogP contribution < -0.4 is 0 Å². The molecule has 1 unspecified atom stereocenters. The van der Waals surface area contributed by atoms with Gasteiger partial charge in [-0.15, -0.1) is 0 Å². The molecule has 0 saturated carbocycles. The van der Waals surface area contributed by atoms with Crippen molar-refractivity contribution in [2.45, 2.75) is 104 Å². The van der Waals surface area contributed by atoms with Gasteiger partial charge >= 0.3 is 5.97 Å². The maximum atomic E-state index is 11.8. The minimum Gasteiger partial charge on any atom is -0.466 e. The topological polar surface area (TPSA) is 26.3 Å². The van der Waals surface area contributed by atoms with Gasteiger partial charge in [0.2, 0.25) is 0 Å². The lowest BCUT2D eigenvalue weighted by atomic mass is 9.98. The molecule has 0 amide bonds. The quantitative estimate of drug-likeness (QED) is 0.177. The molecule has 0 aromatic heterocycles. The van der Waals surface area contributed by atoms with Crippen molar-refractivity contribution in [1.82, 2.24) is 0 Å². The van der Waals surface area contributed by atoms with Crippen LogP contribution in [0.4, 0.5) is 0 Å². The predicted octanol–water partition coefficient (Wildman–Crippen LogP) is 6.83. The maximum Gasteiger partial charge on any atom is 0.308 e. The Balaban J connectivity index is 3.55. The third kappa shape index (κ3) is 14.5. The Labute approximate surface area is 145 Å². The summed E-state index contributed by atoms with van der Waals surface area (Å²) in [7, 11) is 0. The van der Waals surface area contributed by atoms with Crippen LogP contribution in [0.5, 0.6) is 0 Å². The first-order valence-corrected chi connectivity index (χ1v) is 10.1. The lowest BCUT2D eigenvalue weighted by Gasteiger charge is -2.13. The Morgan fingerprint density at radius 1 is 0.783 bits per heavy atom. The van der Waals surface area contributed by atoms with E-state index in [1.165, 1.54) is 57.8 Å². The molecule has 0 N–H and O–H groups in total. The molecule has 0 saturated heterocycles. The fourth-order valence-corrected chi connectivity index (χ4v) is 2.92. The highest BCUT2D eigenvalue weighted by Crippen LogP contribution is 2.16. The monoisotopic (exact) mass is 324 g/mol. The lowest BCUT2D eigenvalue weighted by Crippen LogP contribution is -2.17. The minimum atomic E-state index is -0.00850. The fourth-order valence-electron chi connectivity index (χ4n) is 2.92. The number of hydrogen-bond donors (Lipinski definition) is 0. The average Bonchev–Trinajstić information content (AvgIpc) is 2.55. The Morgan fingerprint density at radius 3 is 2.00 bits per heavy atom. The fraction of sp³-hybridized carbons (Fsp3) is 0.857. The molecule has 136 valence electrons. The molecular formula is C21H40O2. The van der Waals surface area contributed by atoms with Gasteiger partial charge in [-0.25, -0.2) is 0 Å². The standard InChI is InChI=1S/C21H40O2/c1-4-7-8-9-10-11-12-13-14-15-16-17-19-20(18-5-2)21(22)23-6-3/h15-16,20H,4-14,17-19H2,1-3H3/b16-15+. The second kappa shape index (κ2) is 17.6. The van der Waals surface area contributed by atoms with E-state index >= 15 is 0 Å². The predicted molar refractivity (Wildman–Crippen MR) is 101 cm³/mol. The third-order valence-corrected chi connectivity index (χ3v) is 4.33. The van der Waals surface area contributed by atoms with Crippen molar-refractivity contribution in [2.75, 3.05) is 6.61 Å². The molecule has 2 heteroatoms. The molecule has 0 aromatic carbocycles. The van der Waals surface area contributed by atoms with Gasteiger partial charge in [-0.2, -0.15) is 0 Å². The first-order valence-electron chi connectivity index (χ1n) is 10.1. The van der Waals surface area contributed by atoms with Gasteiger partial charge in [0.05, 0.1) is 12.5 Å². The summed E-state index contributed by atoms with van der Waals surface area (Å²) in [6, 6.07) is 0. The molecule has 0 aliphatic heterocycles. The van der Waals surface area contributed by atoms with E-state index in [0.717, 1.165) is 25.7 Å². The maximum absolute atomic E-state index is 11.8. The van der Waals surface area contributed by atoms with Gasteiger partial charge < -0.3 is 4.74 Å². The number of unbranched alkanes of at least 4 members (excludes halogenated alkanes) is 8. The van der Waals surface area contributed by atoms with Crippen LogP contribution in [-0.4, -0.2) is 12.6 Å². The van der Waals surface area contributed by atoms with E-state index in [2.05, 4.69) is 26.0 Å². The molecule has 0 fully saturated rings. The van der Waals surface area contributed by atoms with E-state index in [-0.39, 0.29) is 11.9 Å². The number of allylic oxidation sites excluding steroid dienone is 2. The highest BCUT2D eigenvalue weighted by molar-refractivity contribution is 5.72. The Hall–Kier alpha value is -0.790. The largest absolute Gasteiger partial charge is 0.466 e. The van der Waals surface area contributed by atoms with Crippen LogP contribution in [0.25, 0.3) is 0 Å². The van der Waals surface area contributed by atoms with Crippen LogP contribution >= 0.6 is 0 Å². The molecule has 1 atom stereocenters. The van der Waals surface area contributed by atoms with Crippen molar-refractivity contribution in [3.8, 4) is 0 Å². The van der Waals surface area contributed by atoms with Crippen molar-refractivity contribution < 1.29 is 9.53 Å². The summed E-state index contributed by atoms with van der Waals surface area (Å²) in [6.45, 7) is 6.77. The van der Waals surface area contributed by atoms with Gasteiger partial charge in [0.25, 0.3) is 0 Å². The molecule has 0 rings (SSSR count). The Morgan fingerprint density at radius 2 is 1.39 bits per heavy atom. The van der Waals surface area contributed by atoms with Crippen LogP contribution in [0.15, 0.2) is 12.2 Å². The Bertz CT molecular complexity index is 284. The van der Waals surface area contributed by atoms with E-state index in [4.69, 9.17) is 4.74 Å². The van der Waals surface area contributed by atoms with Crippen LogP contribution in [0.2, 0.25) is 0 Å². The second-order valence-electron chi connectivity index (χ2n) is 6.55. The summed E-state index contributed by atoms with van der Waals surface area (Å²) in [6.07, 6.45) is 20.7. The molecule has 0 heterocycles. The Kier molecular flexibility index (Phi) is 17.0. The summed E-state index contributed by atoms with van der Waals surface area (Å²) in [5.41, 5.74) is 0. The van der Waals surface area contributed by atoms with Crippen molar-refractivity contribution in [3.63, 3.8) is 0 Å². The van der Waals surface area contributed by atoms with E-state index in [1.807, 2.05) is 6.92 Å². The van der Waals surface area contributed by atoms with Crippen molar-refractivity contribution in [3.05, 3.63) is 12.2 Å². The number of ether oxygens (including phenoxy) is 1. The molecule has 0 aliphatic carbocycles. The SMILES string of the molecule is CCCCCCCCCC/C=C/CCC(CCC)C(=O)OCC. The molecule has 0 bridgehead atoms. The molecule has 2 nitrogen and oxygen atoms in total. The molecule has 0 radical (unpaired) electrons. The van der Waals surface area contributed by atoms with E-state index in [0.29, 0.717) is 6.61 Å². The van der Waals surface area contributed by atoms with Gasteiger partial charge in [-0.05, 0) is 39.0 Å². The number of esters is 1. The minimum absolute atomic E-state index is 0.00850. The van der Waals surface area contributed by atoms with E-state index in [1.54, 1.807) is 0 Å². The van der Waals surface area contributed by atoms with Crippen molar-refractivity contribution in [1.29, 1.82) is 0 Å². The normalized spacial score (nSPS) is 12.7. The van der Waals surface area contributed by atoms with E-state index < -0.39 is 0 Å². The summed E-state index contributed by atoms with van der Waals surface area (Å²) < 4.78 is 5.15. The average molecular weight is 325 g/mol. The van der Waals surface area contributed by atoms with Gasteiger partial charge in [-0.1, -0.05) is 77.4 Å². The highest BCUT2D eigenvalue weighted by atomic mass is 16.5. The molecular weight excluding hydrogens is 284 g/mol. The molecule has 0 spiro atoms. The highest BCUT2D eigenvalue weighted by Gasteiger charge is 2.17. The van der Waals surface area contributed by atoms with Crippen LogP contribution in [0.3, 0.4) is 0 Å². The van der Waals surface area contributed by atoms with Gasteiger partial charge in [0, 0.05) is 0 Å². The van der Waals surface area contributed by atoms with Crippen LogP contribution in [0, 0.1) is 5.92 Å². The zero-order chi connectivity index (χ0) is 17.2. The van der Waals surface area contributed by atoms with Gasteiger partial charge in [0.15, 0.2) is 0 Å². The third-order valence-electron chi connectivity index (χ3n) is 4.33. The zero-order valence-electron chi connectivity index (χ0n) is 15.9. The summed E-state index contributed by atoms with van der Waals surface area (Å²) in [4.78, 5) is 11.8. The molecule has 23 heavy (non-hydrogen) atoms. The van der Waals surface area contributed by atoms with Gasteiger partial charge in [-0.3, -0.25) is 4.79 Å². The molecule has 0 aromatic rings. The second-order valence-corrected chi connectivity index (χ2v) is 6.55. The van der Waals surface area contributed by atoms with Crippen LogP contribution in [-0.2, 0) is 9.53 Å². The first kappa shape index (κ1) is 22.2. The van der Waals surface area contributed by atoms with Crippen molar-refractivity contribution in [2.24, 2.45) is 5.92 Å². The lowest BCUT2D eigenvalue weighted by molar-refractivity contribution is -0.148. The summed E-state index contributed by atoms with van der Waals surface area (Å²) in [5.74, 6) is 0.0820. The summed E-state index contributed by atoms with van der Waals surface area (Å²) in [5, 5.41) is 0. The van der Waals surface area contributed by atoms with Gasteiger partial charge in [0.1, 0.15) is 0 Å². The smallest absolute Gasteiger partial charge is 0.308 e.